The lowest BCUT2D eigenvalue weighted by Gasteiger charge is -2.35. The van der Waals surface area contributed by atoms with Gasteiger partial charge in [0.25, 0.3) is 0 Å². The average Bonchev–Trinajstić information content (AvgIpc) is 2.27. The van der Waals surface area contributed by atoms with E-state index in [1.807, 2.05) is 0 Å². The Morgan fingerprint density at radius 3 is 2.67 bits per heavy atom. The van der Waals surface area contributed by atoms with Gasteiger partial charge in [-0.1, -0.05) is 0 Å². The predicted octanol–water partition coefficient (Wildman–Crippen LogP) is -0.539. The minimum atomic E-state index is -0.532. The number of amides is 2. The molecule has 1 saturated heterocycles. The van der Waals surface area contributed by atoms with E-state index in [0.29, 0.717) is 6.54 Å². The molecule has 2 amide bonds. The first-order valence-corrected chi connectivity index (χ1v) is 5.35. The Kier molecular flexibility index (Phi) is 4.08. The van der Waals surface area contributed by atoms with Crippen molar-refractivity contribution in [3.05, 3.63) is 0 Å². The van der Waals surface area contributed by atoms with Gasteiger partial charge in [0.15, 0.2) is 0 Å². The molecule has 15 heavy (non-hydrogen) atoms. The number of likely N-dealkylation sites (N-methyl/N-ethyl adjacent to an activating group) is 1. The standard InChI is InChI=1S/C10H19N3O2/c1-7(11)10(15)13-6-4-3-5-8(13)9(14)12-2/h7-8H,3-6,11H2,1-2H3,(H,12,14)/t7-,8?/m0/s1. The summed E-state index contributed by atoms with van der Waals surface area (Å²) in [6.45, 7) is 2.29. The number of rotatable bonds is 2. The second-order valence-electron chi connectivity index (χ2n) is 3.95. The van der Waals surface area contributed by atoms with Crippen LogP contribution in [0.4, 0.5) is 0 Å². The van der Waals surface area contributed by atoms with Crippen LogP contribution in [0, 0.1) is 0 Å². The fraction of sp³-hybridized carbons (Fsp3) is 0.800. The maximum Gasteiger partial charge on any atom is 0.242 e. The Bertz CT molecular complexity index is 253. The van der Waals surface area contributed by atoms with Crippen molar-refractivity contribution < 1.29 is 9.59 Å². The van der Waals surface area contributed by atoms with E-state index in [0.717, 1.165) is 19.3 Å². The number of nitrogens with two attached hydrogens (primary N) is 1. The van der Waals surface area contributed by atoms with Crippen LogP contribution in [0.3, 0.4) is 0 Å². The molecule has 0 radical (unpaired) electrons. The van der Waals surface area contributed by atoms with Crippen molar-refractivity contribution in [2.24, 2.45) is 5.73 Å². The van der Waals surface area contributed by atoms with Crippen LogP contribution in [0.1, 0.15) is 26.2 Å². The lowest BCUT2D eigenvalue weighted by molar-refractivity contribution is -0.142. The van der Waals surface area contributed by atoms with E-state index in [2.05, 4.69) is 5.32 Å². The van der Waals surface area contributed by atoms with Gasteiger partial charge in [-0.25, -0.2) is 0 Å². The fourth-order valence-electron chi connectivity index (χ4n) is 1.90. The highest BCUT2D eigenvalue weighted by molar-refractivity contribution is 5.89. The third kappa shape index (κ3) is 2.68. The first-order chi connectivity index (χ1) is 7.07. The summed E-state index contributed by atoms with van der Waals surface area (Å²) >= 11 is 0. The molecule has 5 heteroatoms. The molecular weight excluding hydrogens is 194 g/mol. The predicted molar refractivity (Wildman–Crippen MR) is 57.1 cm³/mol. The van der Waals surface area contributed by atoms with Gasteiger partial charge in [-0.05, 0) is 26.2 Å². The number of hydrogen-bond donors (Lipinski definition) is 2. The topological polar surface area (TPSA) is 75.4 Å². The van der Waals surface area contributed by atoms with Crippen LogP contribution < -0.4 is 11.1 Å². The largest absolute Gasteiger partial charge is 0.357 e. The maximum atomic E-state index is 11.7. The van der Waals surface area contributed by atoms with Crippen molar-refractivity contribution >= 4 is 11.8 Å². The second-order valence-corrected chi connectivity index (χ2v) is 3.95. The van der Waals surface area contributed by atoms with Crippen molar-refractivity contribution in [3.63, 3.8) is 0 Å². The summed E-state index contributed by atoms with van der Waals surface area (Å²) in [6, 6.07) is -0.863. The van der Waals surface area contributed by atoms with Gasteiger partial charge in [-0.15, -0.1) is 0 Å². The summed E-state index contributed by atoms with van der Waals surface area (Å²) < 4.78 is 0. The Balaban J connectivity index is 2.73. The SMILES string of the molecule is CNC(=O)C1CCCCN1C(=O)[C@H](C)N. The monoisotopic (exact) mass is 213 g/mol. The van der Waals surface area contributed by atoms with E-state index in [9.17, 15) is 9.59 Å². The number of carbonyl (C=O) groups excluding carboxylic acids is 2. The van der Waals surface area contributed by atoms with Gasteiger partial charge in [-0.2, -0.15) is 0 Å². The number of hydrogen-bond acceptors (Lipinski definition) is 3. The molecule has 2 atom stereocenters. The van der Waals surface area contributed by atoms with E-state index in [4.69, 9.17) is 5.73 Å². The van der Waals surface area contributed by atoms with Crippen LogP contribution in [0.2, 0.25) is 0 Å². The fourth-order valence-corrected chi connectivity index (χ4v) is 1.90. The zero-order valence-electron chi connectivity index (χ0n) is 9.32. The molecule has 1 aliphatic heterocycles. The van der Waals surface area contributed by atoms with E-state index < -0.39 is 6.04 Å². The normalized spacial score (nSPS) is 23.4. The first-order valence-electron chi connectivity index (χ1n) is 5.35. The Labute approximate surface area is 90.0 Å². The number of nitrogens with one attached hydrogen (secondary N) is 1. The van der Waals surface area contributed by atoms with Gasteiger partial charge in [0.2, 0.25) is 11.8 Å². The third-order valence-corrected chi connectivity index (χ3v) is 2.72. The molecule has 0 aliphatic carbocycles. The molecule has 0 aromatic carbocycles. The highest BCUT2D eigenvalue weighted by atomic mass is 16.2. The molecule has 1 rings (SSSR count). The molecule has 0 saturated carbocycles. The van der Waals surface area contributed by atoms with Gasteiger partial charge in [0.05, 0.1) is 6.04 Å². The molecule has 1 aliphatic rings. The van der Waals surface area contributed by atoms with Crippen LogP contribution in [0.15, 0.2) is 0 Å². The highest BCUT2D eigenvalue weighted by Gasteiger charge is 2.32. The highest BCUT2D eigenvalue weighted by Crippen LogP contribution is 2.17. The summed E-state index contributed by atoms with van der Waals surface area (Å²) in [5.74, 6) is -0.230. The summed E-state index contributed by atoms with van der Waals surface area (Å²) in [4.78, 5) is 24.9. The quantitative estimate of drug-likeness (QED) is 0.647. The van der Waals surface area contributed by atoms with Gasteiger partial charge in [0, 0.05) is 13.6 Å². The third-order valence-electron chi connectivity index (χ3n) is 2.72. The number of likely N-dealkylation sites (tertiary alicyclic amines) is 1. The summed E-state index contributed by atoms with van der Waals surface area (Å²) in [5.41, 5.74) is 5.55. The van der Waals surface area contributed by atoms with Crippen molar-refractivity contribution in [2.45, 2.75) is 38.3 Å². The van der Waals surface area contributed by atoms with Crippen molar-refractivity contribution in [3.8, 4) is 0 Å². The maximum absolute atomic E-state index is 11.7. The van der Waals surface area contributed by atoms with Gasteiger partial charge in [-0.3, -0.25) is 9.59 Å². The van der Waals surface area contributed by atoms with Crippen LogP contribution in [0.25, 0.3) is 0 Å². The smallest absolute Gasteiger partial charge is 0.242 e. The van der Waals surface area contributed by atoms with Crippen LogP contribution >= 0.6 is 0 Å². The molecular formula is C10H19N3O2. The van der Waals surface area contributed by atoms with E-state index in [1.165, 1.54) is 0 Å². The summed E-state index contributed by atoms with van der Waals surface area (Å²) in [5, 5.41) is 2.58. The minimum Gasteiger partial charge on any atom is -0.357 e. The lowest BCUT2D eigenvalue weighted by atomic mass is 10.0. The Morgan fingerprint density at radius 2 is 2.13 bits per heavy atom. The van der Waals surface area contributed by atoms with Crippen LogP contribution in [0.5, 0.6) is 0 Å². The molecule has 0 bridgehead atoms. The van der Waals surface area contributed by atoms with Crippen molar-refractivity contribution in [2.75, 3.05) is 13.6 Å². The number of piperidine rings is 1. The minimum absolute atomic E-state index is 0.0938. The molecule has 0 aromatic heterocycles. The Morgan fingerprint density at radius 1 is 1.47 bits per heavy atom. The second kappa shape index (κ2) is 5.11. The summed E-state index contributed by atoms with van der Waals surface area (Å²) in [6.07, 6.45) is 2.67. The molecule has 1 fully saturated rings. The molecule has 1 heterocycles. The average molecular weight is 213 g/mol. The van der Waals surface area contributed by atoms with E-state index >= 15 is 0 Å². The van der Waals surface area contributed by atoms with Crippen molar-refractivity contribution in [1.82, 2.24) is 10.2 Å². The van der Waals surface area contributed by atoms with Crippen molar-refractivity contribution in [1.29, 1.82) is 0 Å². The van der Waals surface area contributed by atoms with Gasteiger partial charge < -0.3 is 16.0 Å². The molecule has 0 spiro atoms. The zero-order valence-corrected chi connectivity index (χ0v) is 9.32. The number of nitrogens with zero attached hydrogens (tertiary/aromatic N) is 1. The molecule has 3 N–H and O–H groups in total. The van der Waals surface area contributed by atoms with E-state index in [1.54, 1.807) is 18.9 Å². The summed E-state index contributed by atoms with van der Waals surface area (Å²) in [7, 11) is 1.59. The number of carbonyl (C=O) groups is 2. The molecule has 1 unspecified atom stereocenters. The first kappa shape index (κ1) is 12.0. The lowest BCUT2D eigenvalue weighted by Crippen LogP contribution is -2.55. The zero-order chi connectivity index (χ0) is 11.4. The molecule has 86 valence electrons. The van der Waals surface area contributed by atoms with Crippen LogP contribution in [-0.2, 0) is 9.59 Å². The van der Waals surface area contributed by atoms with Gasteiger partial charge >= 0.3 is 0 Å². The van der Waals surface area contributed by atoms with Crippen LogP contribution in [-0.4, -0.2) is 42.4 Å². The van der Waals surface area contributed by atoms with E-state index in [-0.39, 0.29) is 17.9 Å². The molecule has 5 nitrogen and oxygen atoms in total. The van der Waals surface area contributed by atoms with Gasteiger partial charge in [0.1, 0.15) is 6.04 Å². The Hall–Kier alpha value is -1.10. The molecule has 0 aromatic rings.